The summed E-state index contributed by atoms with van der Waals surface area (Å²) in [7, 11) is -3.61. The summed E-state index contributed by atoms with van der Waals surface area (Å²) < 4.78 is 22.2. The quantitative estimate of drug-likeness (QED) is 0.861. The molecule has 1 fully saturated rings. The van der Waals surface area contributed by atoms with E-state index in [-0.39, 0.29) is 4.21 Å². The van der Waals surface area contributed by atoms with Gasteiger partial charge < -0.3 is 5.32 Å². The zero-order valence-electron chi connectivity index (χ0n) is 9.01. The van der Waals surface area contributed by atoms with Crippen molar-refractivity contribution in [1.82, 2.24) is 4.98 Å². The van der Waals surface area contributed by atoms with E-state index in [4.69, 9.17) is 5.14 Å². The number of nitrogens with one attached hydrogen (secondary N) is 1. The normalized spacial score (nSPS) is 25.9. The molecule has 3 N–H and O–H groups in total. The molecule has 5 nitrogen and oxygen atoms in total. The summed E-state index contributed by atoms with van der Waals surface area (Å²) in [6, 6.07) is 0.412. The number of rotatable bonds is 3. The topological polar surface area (TPSA) is 85.1 Å². The molecule has 0 aromatic carbocycles. The highest BCUT2D eigenvalue weighted by Crippen LogP contribution is 2.29. The molecule has 90 valence electrons. The highest BCUT2D eigenvalue weighted by Gasteiger charge is 2.22. The summed E-state index contributed by atoms with van der Waals surface area (Å²) >= 11 is 1.09. The Hall–Kier alpha value is -0.660. The third kappa shape index (κ3) is 2.72. The summed E-state index contributed by atoms with van der Waals surface area (Å²) in [5.41, 5.74) is 0. The molecule has 0 saturated heterocycles. The van der Waals surface area contributed by atoms with Crippen LogP contribution in [0.15, 0.2) is 10.4 Å². The molecule has 1 heterocycles. The predicted molar refractivity (Wildman–Crippen MR) is 63.9 cm³/mol. The number of hydrogen-bond acceptors (Lipinski definition) is 5. The van der Waals surface area contributed by atoms with Gasteiger partial charge in [0.1, 0.15) is 0 Å². The van der Waals surface area contributed by atoms with Crippen LogP contribution in [-0.4, -0.2) is 19.4 Å². The van der Waals surface area contributed by atoms with Crippen LogP contribution in [0.25, 0.3) is 0 Å². The minimum Gasteiger partial charge on any atom is -0.359 e. The number of nitrogens with two attached hydrogens (primary N) is 1. The zero-order chi connectivity index (χ0) is 11.8. The van der Waals surface area contributed by atoms with Crippen LogP contribution in [0.1, 0.15) is 26.2 Å². The summed E-state index contributed by atoms with van der Waals surface area (Å²) in [6.07, 6.45) is 4.75. The van der Waals surface area contributed by atoms with Crippen LogP contribution in [0.4, 0.5) is 5.13 Å². The molecule has 0 spiro atoms. The van der Waals surface area contributed by atoms with E-state index in [2.05, 4.69) is 17.2 Å². The van der Waals surface area contributed by atoms with E-state index in [9.17, 15) is 8.42 Å². The molecule has 0 bridgehead atoms. The Bertz CT molecular complexity index is 469. The van der Waals surface area contributed by atoms with Gasteiger partial charge in [0.15, 0.2) is 9.34 Å². The molecule has 1 aromatic rings. The van der Waals surface area contributed by atoms with Gasteiger partial charge in [0.25, 0.3) is 0 Å². The van der Waals surface area contributed by atoms with Crippen molar-refractivity contribution in [3.8, 4) is 0 Å². The first-order valence-corrected chi connectivity index (χ1v) is 7.56. The minimum absolute atomic E-state index is 0.112. The smallest absolute Gasteiger partial charge is 0.249 e. The van der Waals surface area contributed by atoms with Gasteiger partial charge >= 0.3 is 0 Å². The second-order valence-electron chi connectivity index (χ2n) is 4.29. The monoisotopic (exact) mass is 261 g/mol. The van der Waals surface area contributed by atoms with Gasteiger partial charge in [0.05, 0.1) is 6.20 Å². The van der Waals surface area contributed by atoms with E-state index in [0.29, 0.717) is 11.2 Å². The molecular weight excluding hydrogens is 246 g/mol. The van der Waals surface area contributed by atoms with E-state index < -0.39 is 10.0 Å². The van der Waals surface area contributed by atoms with E-state index >= 15 is 0 Å². The lowest BCUT2D eigenvalue weighted by Crippen LogP contribution is -2.14. The van der Waals surface area contributed by atoms with E-state index in [1.807, 2.05) is 0 Å². The second kappa shape index (κ2) is 4.31. The Labute approximate surface area is 99.1 Å². The Morgan fingerprint density at radius 3 is 2.81 bits per heavy atom. The molecule has 2 atom stereocenters. The predicted octanol–water partition coefficient (Wildman–Crippen LogP) is 1.39. The number of nitrogens with zero attached hydrogens (tertiary/aromatic N) is 1. The van der Waals surface area contributed by atoms with Gasteiger partial charge in [-0.1, -0.05) is 18.3 Å². The number of anilines is 1. The number of thiazole rings is 1. The largest absolute Gasteiger partial charge is 0.359 e. The van der Waals surface area contributed by atoms with Gasteiger partial charge in [-0.15, -0.1) is 0 Å². The molecule has 1 aliphatic rings. The van der Waals surface area contributed by atoms with Gasteiger partial charge in [-0.2, -0.15) is 0 Å². The lowest BCUT2D eigenvalue weighted by atomic mass is 10.1. The van der Waals surface area contributed by atoms with Crippen molar-refractivity contribution in [2.45, 2.75) is 36.4 Å². The maximum atomic E-state index is 11.1. The molecular formula is C9H15N3O2S2. The number of primary sulfonamides is 1. The van der Waals surface area contributed by atoms with Crippen LogP contribution in [-0.2, 0) is 10.0 Å². The summed E-state index contributed by atoms with van der Waals surface area (Å²) in [5, 5.41) is 8.91. The fourth-order valence-corrected chi connectivity index (χ4v) is 3.50. The Morgan fingerprint density at radius 1 is 1.56 bits per heavy atom. The molecule has 0 aliphatic heterocycles. The van der Waals surface area contributed by atoms with Crippen molar-refractivity contribution in [2.75, 3.05) is 5.32 Å². The maximum Gasteiger partial charge on any atom is 0.249 e. The van der Waals surface area contributed by atoms with Gasteiger partial charge in [0, 0.05) is 6.04 Å². The highest BCUT2D eigenvalue weighted by atomic mass is 32.2. The average Bonchev–Trinajstić information content (AvgIpc) is 2.74. The average molecular weight is 261 g/mol. The van der Waals surface area contributed by atoms with Crippen LogP contribution >= 0.6 is 11.3 Å². The van der Waals surface area contributed by atoms with Crippen molar-refractivity contribution < 1.29 is 8.42 Å². The zero-order valence-corrected chi connectivity index (χ0v) is 10.6. The first kappa shape index (κ1) is 11.8. The number of aromatic nitrogens is 1. The van der Waals surface area contributed by atoms with E-state index in [1.54, 1.807) is 0 Å². The fourth-order valence-electron chi connectivity index (χ4n) is 1.97. The van der Waals surface area contributed by atoms with E-state index in [1.165, 1.54) is 12.6 Å². The van der Waals surface area contributed by atoms with Crippen LogP contribution in [0.2, 0.25) is 0 Å². The van der Waals surface area contributed by atoms with Gasteiger partial charge in [0.2, 0.25) is 10.0 Å². The van der Waals surface area contributed by atoms with E-state index in [0.717, 1.165) is 30.1 Å². The molecule has 0 amide bonds. The molecule has 16 heavy (non-hydrogen) atoms. The number of sulfonamides is 1. The Balaban J connectivity index is 2.03. The van der Waals surface area contributed by atoms with Gasteiger partial charge in [-0.25, -0.2) is 18.5 Å². The first-order chi connectivity index (χ1) is 7.45. The molecule has 2 rings (SSSR count). The van der Waals surface area contributed by atoms with Crippen LogP contribution < -0.4 is 10.5 Å². The van der Waals surface area contributed by atoms with Crippen LogP contribution in [0.5, 0.6) is 0 Å². The fraction of sp³-hybridized carbons (Fsp3) is 0.667. The molecule has 1 aliphatic carbocycles. The molecule has 2 unspecified atom stereocenters. The second-order valence-corrected chi connectivity index (χ2v) is 7.11. The van der Waals surface area contributed by atoms with Crippen molar-refractivity contribution >= 4 is 26.5 Å². The third-order valence-electron chi connectivity index (χ3n) is 2.79. The minimum atomic E-state index is -3.61. The molecule has 0 radical (unpaired) electrons. The van der Waals surface area contributed by atoms with Gasteiger partial charge in [-0.3, -0.25) is 0 Å². The van der Waals surface area contributed by atoms with Crippen molar-refractivity contribution in [3.63, 3.8) is 0 Å². The lowest BCUT2D eigenvalue weighted by Gasteiger charge is -2.10. The van der Waals surface area contributed by atoms with Crippen molar-refractivity contribution in [3.05, 3.63) is 6.20 Å². The molecule has 1 aromatic heterocycles. The summed E-state index contributed by atoms with van der Waals surface area (Å²) in [4.78, 5) is 4.02. The number of hydrogen-bond donors (Lipinski definition) is 2. The Morgan fingerprint density at radius 2 is 2.31 bits per heavy atom. The molecule has 1 saturated carbocycles. The van der Waals surface area contributed by atoms with Crippen LogP contribution in [0.3, 0.4) is 0 Å². The highest BCUT2D eigenvalue weighted by molar-refractivity contribution is 7.91. The summed E-state index contributed by atoms with van der Waals surface area (Å²) in [6.45, 7) is 2.22. The van der Waals surface area contributed by atoms with Gasteiger partial charge in [-0.05, 0) is 25.2 Å². The Kier molecular flexibility index (Phi) is 3.18. The first-order valence-electron chi connectivity index (χ1n) is 5.20. The SMILES string of the molecule is CC1CCC(Nc2ncc(S(N)(=O)=O)s2)C1. The lowest BCUT2D eigenvalue weighted by molar-refractivity contribution is 0.599. The van der Waals surface area contributed by atoms with Crippen LogP contribution in [0, 0.1) is 5.92 Å². The van der Waals surface area contributed by atoms with Crippen molar-refractivity contribution in [2.24, 2.45) is 11.1 Å². The maximum absolute atomic E-state index is 11.1. The molecule has 7 heteroatoms. The standard InChI is InChI=1S/C9H15N3O2S2/c1-6-2-3-7(4-6)12-9-11-5-8(15-9)16(10,13)14/h5-7H,2-4H2,1H3,(H,11,12)(H2,10,13,14). The van der Waals surface area contributed by atoms with Crippen molar-refractivity contribution in [1.29, 1.82) is 0 Å². The third-order valence-corrected chi connectivity index (χ3v) is 5.12. The summed E-state index contributed by atoms with van der Waals surface area (Å²) in [5.74, 6) is 0.732.